The second kappa shape index (κ2) is 8.12. The molecule has 1 aromatic carbocycles. The highest BCUT2D eigenvalue weighted by atomic mass is 16.4. The zero-order valence-corrected chi connectivity index (χ0v) is 15.2. The maximum Gasteiger partial charge on any atom is 0.326 e. The van der Waals surface area contributed by atoms with Gasteiger partial charge in [-0.25, -0.2) is 4.79 Å². The molecule has 0 saturated heterocycles. The third-order valence-electron chi connectivity index (χ3n) is 4.73. The number of benzene rings is 1. The molecule has 0 bridgehead atoms. The van der Waals surface area contributed by atoms with Crippen molar-refractivity contribution in [3.8, 4) is 0 Å². The number of carboxylic acid groups (broad SMARTS) is 1. The van der Waals surface area contributed by atoms with Gasteiger partial charge in [0.15, 0.2) is 0 Å². The summed E-state index contributed by atoms with van der Waals surface area (Å²) in [4.78, 5) is 49.8. The molecule has 140 valence electrons. The SMILES string of the molecule is CCCCN1C(=O)c2ccc(C(=O)N[C@H](C(=O)O)[C@@H](C)CC)cc2C1=O. The van der Waals surface area contributed by atoms with Crippen molar-refractivity contribution in [2.75, 3.05) is 6.54 Å². The number of aliphatic carboxylic acids is 1. The highest BCUT2D eigenvalue weighted by Crippen LogP contribution is 2.24. The lowest BCUT2D eigenvalue weighted by Gasteiger charge is -2.20. The quantitative estimate of drug-likeness (QED) is 0.692. The predicted octanol–water partition coefficient (Wildman–Crippen LogP) is 2.31. The Labute approximate surface area is 152 Å². The second-order valence-electron chi connectivity index (χ2n) is 6.55. The zero-order valence-electron chi connectivity index (χ0n) is 15.2. The van der Waals surface area contributed by atoms with Crippen LogP contribution in [-0.2, 0) is 4.79 Å². The molecule has 7 heteroatoms. The molecule has 7 nitrogen and oxygen atoms in total. The van der Waals surface area contributed by atoms with E-state index in [4.69, 9.17) is 0 Å². The summed E-state index contributed by atoms with van der Waals surface area (Å²) < 4.78 is 0. The van der Waals surface area contributed by atoms with Crippen molar-refractivity contribution in [2.24, 2.45) is 5.92 Å². The van der Waals surface area contributed by atoms with Crippen molar-refractivity contribution in [2.45, 2.75) is 46.1 Å². The van der Waals surface area contributed by atoms with E-state index in [1.54, 1.807) is 6.92 Å². The van der Waals surface area contributed by atoms with E-state index in [1.807, 2.05) is 13.8 Å². The van der Waals surface area contributed by atoms with Gasteiger partial charge in [-0.2, -0.15) is 0 Å². The Morgan fingerprint density at radius 3 is 2.38 bits per heavy atom. The zero-order chi connectivity index (χ0) is 19.4. The molecule has 26 heavy (non-hydrogen) atoms. The minimum absolute atomic E-state index is 0.164. The van der Waals surface area contributed by atoms with E-state index in [0.717, 1.165) is 6.42 Å². The van der Waals surface area contributed by atoms with E-state index < -0.39 is 23.8 Å². The molecule has 0 saturated carbocycles. The van der Waals surface area contributed by atoms with Gasteiger partial charge in [0.2, 0.25) is 0 Å². The molecule has 0 aliphatic carbocycles. The summed E-state index contributed by atoms with van der Waals surface area (Å²) >= 11 is 0. The molecule has 0 radical (unpaired) electrons. The van der Waals surface area contributed by atoms with Gasteiger partial charge in [-0.15, -0.1) is 0 Å². The van der Waals surface area contributed by atoms with Crippen molar-refractivity contribution in [1.29, 1.82) is 0 Å². The van der Waals surface area contributed by atoms with Crippen molar-refractivity contribution in [3.05, 3.63) is 34.9 Å². The summed E-state index contributed by atoms with van der Waals surface area (Å²) in [6.07, 6.45) is 2.17. The van der Waals surface area contributed by atoms with Crippen molar-refractivity contribution >= 4 is 23.7 Å². The summed E-state index contributed by atoms with van der Waals surface area (Å²) in [7, 11) is 0. The van der Waals surface area contributed by atoms with Crippen LogP contribution in [0.2, 0.25) is 0 Å². The Kier molecular flexibility index (Phi) is 6.13. The molecular formula is C19H24N2O5. The lowest BCUT2D eigenvalue weighted by Crippen LogP contribution is -2.45. The molecule has 3 amide bonds. The van der Waals surface area contributed by atoms with Crippen LogP contribution >= 0.6 is 0 Å². The van der Waals surface area contributed by atoms with Crippen molar-refractivity contribution < 1.29 is 24.3 Å². The van der Waals surface area contributed by atoms with Crippen LogP contribution in [0.15, 0.2) is 18.2 Å². The molecule has 2 N–H and O–H groups in total. The Hall–Kier alpha value is -2.70. The fourth-order valence-corrected chi connectivity index (χ4v) is 2.86. The molecule has 0 unspecified atom stereocenters. The Morgan fingerprint density at radius 2 is 1.81 bits per heavy atom. The molecule has 0 aromatic heterocycles. The van der Waals surface area contributed by atoms with Crippen LogP contribution in [0.5, 0.6) is 0 Å². The molecule has 0 spiro atoms. The minimum Gasteiger partial charge on any atom is -0.480 e. The summed E-state index contributed by atoms with van der Waals surface area (Å²) in [6.45, 7) is 5.91. The molecule has 1 aromatic rings. The van der Waals surface area contributed by atoms with E-state index in [1.165, 1.54) is 23.1 Å². The van der Waals surface area contributed by atoms with Gasteiger partial charge in [0, 0.05) is 12.1 Å². The minimum atomic E-state index is -1.11. The molecule has 1 aliphatic rings. The summed E-state index contributed by atoms with van der Waals surface area (Å²) in [5.41, 5.74) is 0.630. The van der Waals surface area contributed by atoms with Gasteiger partial charge in [0.1, 0.15) is 6.04 Å². The topological polar surface area (TPSA) is 104 Å². The highest BCUT2D eigenvalue weighted by Gasteiger charge is 2.35. The second-order valence-corrected chi connectivity index (χ2v) is 6.55. The van der Waals surface area contributed by atoms with Gasteiger partial charge >= 0.3 is 5.97 Å². The Bertz CT molecular complexity index is 743. The van der Waals surface area contributed by atoms with Crippen LogP contribution in [0.3, 0.4) is 0 Å². The van der Waals surface area contributed by atoms with Gasteiger partial charge in [-0.1, -0.05) is 33.6 Å². The number of carbonyl (C=O) groups excluding carboxylic acids is 3. The van der Waals surface area contributed by atoms with Crippen LogP contribution in [0.25, 0.3) is 0 Å². The van der Waals surface area contributed by atoms with Crippen LogP contribution in [0.1, 0.15) is 71.1 Å². The fraction of sp³-hybridized carbons (Fsp3) is 0.474. The van der Waals surface area contributed by atoms with E-state index in [0.29, 0.717) is 19.4 Å². The van der Waals surface area contributed by atoms with Crippen molar-refractivity contribution in [1.82, 2.24) is 10.2 Å². The van der Waals surface area contributed by atoms with Gasteiger partial charge in [-0.3, -0.25) is 19.3 Å². The highest BCUT2D eigenvalue weighted by molar-refractivity contribution is 6.22. The first-order valence-electron chi connectivity index (χ1n) is 8.85. The van der Waals surface area contributed by atoms with Crippen molar-refractivity contribution in [3.63, 3.8) is 0 Å². The average Bonchev–Trinajstić information content (AvgIpc) is 2.87. The molecule has 2 rings (SSSR count). The largest absolute Gasteiger partial charge is 0.480 e. The van der Waals surface area contributed by atoms with Gasteiger partial charge in [-0.05, 0) is 30.5 Å². The number of nitrogens with zero attached hydrogens (tertiary/aromatic N) is 1. The molecule has 2 atom stereocenters. The standard InChI is InChI=1S/C19H24N2O5/c1-4-6-9-21-17(23)13-8-7-12(10-14(13)18(21)24)16(22)20-15(19(25)26)11(3)5-2/h7-8,10-11,15H,4-6,9H2,1-3H3,(H,20,22)(H,25,26)/t11-,15-/m0/s1. The van der Waals surface area contributed by atoms with E-state index in [2.05, 4.69) is 5.32 Å². The maximum atomic E-state index is 12.5. The van der Waals surface area contributed by atoms with Gasteiger partial charge in [0.25, 0.3) is 17.7 Å². The van der Waals surface area contributed by atoms with Crippen LogP contribution in [0.4, 0.5) is 0 Å². The van der Waals surface area contributed by atoms with E-state index in [-0.39, 0.29) is 28.5 Å². The molecule has 0 fully saturated rings. The maximum absolute atomic E-state index is 12.5. The molecule has 1 heterocycles. The third-order valence-corrected chi connectivity index (χ3v) is 4.73. The smallest absolute Gasteiger partial charge is 0.326 e. The lowest BCUT2D eigenvalue weighted by molar-refractivity contribution is -0.140. The number of unbranched alkanes of at least 4 members (excludes halogenated alkanes) is 1. The molecule has 1 aliphatic heterocycles. The fourth-order valence-electron chi connectivity index (χ4n) is 2.86. The van der Waals surface area contributed by atoms with Crippen LogP contribution in [-0.4, -0.2) is 46.3 Å². The number of amides is 3. The lowest BCUT2D eigenvalue weighted by atomic mass is 9.98. The van der Waals surface area contributed by atoms with E-state index >= 15 is 0 Å². The van der Waals surface area contributed by atoms with Crippen LogP contribution < -0.4 is 5.32 Å². The van der Waals surface area contributed by atoms with Gasteiger partial charge < -0.3 is 10.4 Å². The Balaban J connectivity index is 2.23. The number of rotatable bonds is 8. The first-order valence-corrected chi connectivity index (χ1v) is 8.85. The number of carbonyl (C=O) groups is 4. The summed E-state index contributed by atoms with van der Waals surface area (Å²) in [6, 6.07) is 3.25. The van der Waals surface area contributed by atoms with Gasteiger partial charge in [0.05, 0.1) is 11.1 Å². The normalized spacial score (nSPS) is 15.6. The monoisotopic (exact) mass is 360 g/mol. The Morgan fingerprint density at radius 1 is 1.15 bits per heavy atom. The first kappa shape index (κ1) is 19.6. The molecular weight excluding hydrogens is 336 g/mol. The van der Waals surface area contributed by atoms with Crippen LogP contribution in [0, 0.1) is 5.92 Å². The number of fused-ring (bicyclic) bond motifs is 1. The summed E-state index contributed by atoms with van der Waals surface area (Å²) in [5.74, 6) is -2.68. The van der Waals surface area contributed by atoms with E-state index in [9.17, 15) is 24.3 Å². The summed E-state index contributed by atoms with van der Waals surface area (Å²) in [5, 5.41) is 11.8. The number of imide groups is 1. The third kappa shape index (κ3) is 3.76. The number of nitrogens with one attached hydrogen (secondary N) is 1. The average molecular weight is 360 g/mol. The predicted molar refractivity (Wildman–Crippen MR) is 95.1 cm³/mol. The first-order chi connectivity index (χ1) is 12.3. The number of hydrogen-bond acceptors (Lipinski definition) is 4. The number of carboxylic acids is 1. The number of hydrogen-bond donors (Lipinski definition) is 2.